The van der Waals surface area contributed by atoms with Gasteiger partial charge in [0.1, 0.15) is 6.04 Å². The van der Waals surface area contributed by atoms with Gasteiger partial charge in [0.25, 0.3) is 5.92 Å². The second-order valence-corrected chi connectivity index (χ2v) is 4.97. The number of aliphatic hydroxyl groups is 1. The summed E-state index contributed by atoms with van der Waals surface area (Å²) in [4.78, 5) is 12.4. The lowest BCUT2D eigenvalue weighted by atomic mass is 9.88. The molecule has 0 aromatic heterocycles. The highest BCUT2D eigenvalue weighted by Gasteiger charge is 2.51. The highest BCUT2D eigenvalue weighted by Crippen LogP contribution is 2.31. The lowest BCUT2D eigenvalue weighted by Gasteiger charge is -2.45. The number of likely N-dealkylation sites (N-methyl/N-ethyl adjacent to an activating group) is 1. The van der Waals surface area contributed by atoms with Crippen LogP contribution in [-0.2, 0) is 4.79 Å². The van der Waals surface area contributed by atoms with Crippen LogP contribution in [0.25, 0.3) is 0 Å². The van der Waals surface area contributed by atoms with Gasteiger partial charge in [0.15, 0.2) is 0 Å². The number of aliphatic hydroxyl groups excluding tert-OH is 1. The standard InChI is InChI=1S/C11H20F2N2O3/c1-6(9(16)7(2)14-3)8(10(17)18)15-4-11(12,13)5-15/h6-9,14,16H,4-5H2,1-3H3,(H,17,18)/t6-,7+,8?,9-/m1/s1. The molecular weight excluding hydrogens is 246 g/mol. The number of likely N-dealkylation sites (tertiary alicyclic amines) is 1. The fourth-order valence-corrected chi connectivity index (χ4v) is 2.27. The Balaban J connectivity index is 2.71. The second-order valence-electron chi connectivity index (χ2n) is 4.97. The first-order chi connectivity index (χ1) is 8.19. The van der Waals surface area contributed by atoms with Gasteiger partial charge < -0.3 is 15.5 Å². The maximum absolute atomic E-state index is 12.8. The largest absolute Gasteiger partial charge is 0.480 e. The highest BCUT2D eigenvalue weighted by atomic mass is 19.3. The normalized spacial score (nSPS) is 25.9. The van der Waals surface area contributed by atoms with Crippen LogP contribution in [0.4, 0.5) is 8.78 Å². The van der Waals surface area contributed by atoms with Gasteiger partial charge in [-0.05, 0) is 14.0 Å². The summed E-state index contributed by atoms with van der Waals surface area (Å²) in [5.74, 6) is -4.63. The summed E-state index contributed by atoms with van der Waals surface area (Å²) < 4.78 is 25.6. The summed E-state index contributed by atoms with van der Waals surface area (Å²) in [7, 11) is 1.65. The Kier molecular flexibility index (Phi) is 4.63. The molecular formula is C11H20F2N2O3. The zero-order chi connectivity index (χ0) is 14.1. The van der Waals surface area contributed by atoms with Gasteiger partial charge in [-0.2, -0.15) is 0 Å². The Morgan fingerprint density at radius 2 is 1.89 bits per heavy atom. The van der Waals surface area contributed by atoms with Gasteiger partial charge in [0, 0.05) is 12.0 Å². The van der Waals surface area contributed by atoms with E-state index in [0.717, 1.165) is 0 Å². The average molecular weight is 266 g/mol. The molecule has 0 aromatic rings. The molecule has 0 aromatic carbocycles. The molecule has 5 nitrogen and oxygen atoms in total. The first kappa shape index (κ1) is 15.3. The molecule has 1 aliphatic heterocycles. The lowest BCUT2D eigenvalue weighted by molar-refractivity contribution is -0.178. The SMILES string of the molecule is CN[C@@H](C)[C@H](O)[C@H](C)C(C(=O)O)N1CC(F)(F)C1. The monoisotopic (exact) mass is 266 g/mol. The van der Waals surface area contributed by atoms with Crippen molar-refractivity contribution in [2.75, 3.05) is 20.1 Å². The predicted octanol–water partition coefficient (Wildman–Crippen LogP) is -0.00460. The first-order valence-electron chi connectivity index (χ1n) is 5.89. The fourth-order valence-electron chi connectivity index (χ4n) is 2.27. The van der Waals surface area contributed by atoms with Crippen LogP contribution in [0.15, 0.2) is 0 Å². The van der Waals surface area contributed by atoms with E-state index in [2.05, 4.69) is 5.32 Å². The van der Waals surface area contributed by atoms with Crippen LogP contribution < -0.4 is 5.32 Å². The number of nitrogens with one attached hydrogen (secondary N) is 1. The van der Waals surface area contributed by atoms with E-state index in [0.29, 0.717) is 0 Å². The van der Waals surface area contributed by atoms with Crippen LogP contribution in [-0.4, -0.2) is 65.3 Å². The zero-order valence-electron chi connectivity index (χ0n) is 10.7. The molecule has 0 aliphatic carbocycles. The third kappa shape index (κ3) is 3.15. The van der Waals surface area contributed by atoms with E-state index in [1.54, 1.807) is 20.9 Å². The summed E-state index contributed by atoms with van der Waals surface area (Å²) >= 11 is 0. The third-order valence-corrected chi connectivity index (χ3v) is 3.52. The number of rotatable bonds is 6. The minimum absolute atomic E-state index is 0.302. The van der Waals surface area contributed by atoms with Crippen LogP contribution in [0, 0.1) is 5.92 Å². The number of aliphatic carboxylic acids is 1. The van der Waals surface area contributed by atoms with Gasteiger partial charge >= 0.3 is 5.97 Å². The maximum atomic E-state index is 12.8. The van der Waals surface area contributed by atoms with Crippen molar-refractivity contribution in [1.29, 1.82) is 0 Å². The Hall–Kier alpha value is -0.790. The zero-order valence-corrected chi connectivity index (χ0v) is 10.7. The van der Waals surface area contributed by atoms with E-state index in [-0.39, 0.29) is 6.04 Å². The summed E-state index contributed by atoms with van der Waals surface area (Å²) in [6.07, 6.45) is -0.912. The lowest BCUT2D eigenvalue weighted by Crippen LogP contribution is -2.65. The summed E-state index contributed by atoms with van der Waals surface area (Å²) in [5, 5.41) is 21.9. The van der Waals surface area contributed by atoms with Gasteiger partial charge in [0.2, 0.25) is 0 Å². The van der Waals surface area contributed by atoms with Crippen molar-refractivity contribution in [2.45, 2.75) is 38.0 Å². The Morgan fingerprint density at radius 3 is 2.22 bits per heavy atom. The number of carbonyl (C=O) groups is 1. The average Bonchev–Trinajstić information content (AvgIpc) is 2.24. The minimum atomic E-state index is -2.81. The molecule has 0 saturated carbocycles. The predicted molar refractivity (Wildman–Crippen MR) is 61.6 cm³/mol. The number of hydrogen-bond acceptors (Lipinski definition) is 4. The number of halogens is 2. The number of carboxylic acids is 1. The van der Waals surface area contributed by atoms with Crippen molar-refractivity contribution in [3.8, 4) is 0 Å². The van der Waals surface area contributed by atoms with Crippen LogP contribution in [0.1, 0.15) is 13.8 Å². The number of carboxylic acid groups (broad SMARTS) is 1. The number of alkyl halides is 2. The minimum Gasteiger partial charge on any atom is -0.480 e. The van der Waals surface area contributed by atoms with Crippen molar-refractivity contribution >= 4 is 5.97 Å². The molecule has 0 amide bonds. The van der Waals surface area contributed by atoms with Gasteiger partial charge in [-0.3, -0.25) is 9.69 Å². The molecule has 106 valence electrons. The summed E-state index contributed by atoms with van der Waals surface area (Å²) in [6, 6.07) is -1.39. The van der Waals surface area contributed by atoms with Crippen molar-refractivity contribution < 1.29 is 23.8 Å². The van der Waals surface area contributed by atoms with Gasteiger partial charge in [0.05, 0.1) is 19.2 Å². The Morgan fingerprint density at radius 1 is 1.39 bits per heavy atom. The maximum Gasteiger partial charge on any atom is 0.321 e. The van der Waals surface area contributed by atoms with Crippen LogP contribution >= 0.6 is 0 Å². The van der Waals surface area contributed by atoms with E-state index in [4.69, 9.17) is 5.11 Å². The third-order valence-electron chi connectivity index (χ3n) is 3.52. The number of nitrogens with zero attached hydrogens (tertiary/aromatic N) is 1. The smallest absolute Gasteiger partial charge is 0.321 e. The van der Waals surface area contributed by atoms with Gasteiger partial charge in [-0.25, -0.2) is 8.78 Å². The van der Waals surface area contributed by atoms with Crippen molar-refractivity contribution in [1.82, 2.24) is 10.2 Å². The molecule has 4 atom stereocenters. The molecule has 1 rings (SSSR count). The molecule has 0 bridgehead atoms. The van der Waals surface area contributed by atoms with Crippen molar-refractivity contribution in [3.63, 3.8) is 0 Å². The van der Waals surface area contributed by atoms with Crippen molar-refractivity contribution in [2.24, 2.45) is 5.92 Å². The van der Waals surface area contributed by atoms with Crippen LogP contribution in [0.3, 0.4) is 0 Å². The van der Waals surface area contributed by atoms with E-state index in [9.17, 15) is 18.7 Å². The molecule has 1 saturated heterocycles. The van der Waals surface area contributed by atoms with Gasteiger partial charge in [-0.1, -0.05) is 6.92 Å². The summed E-state index contributed by atoms with van der Waals surface area (Å²) in [5.41, 5.74) is 0. The molecule has 18 heavy (non-hydrogen) atoms. The molecule has 1 heterocycles. The van der Waals surface area contributed by atoms with E-state index in [1.807, 2.05) is 0 Å². The quantitative estimate of drug-likeness (QED) is 0.631. The molecule has 1 unspecified atom stereocenters. The Labute approximate surface area is 105 Å². The second kappa shape index (κ2) is 5.46. The first-order valence-corrected chi connectivity index (χ1v) is 5.89. The Bertz CT molecular complexity index is 307. The highest BCUT2D eigenvalue weighted by molar-refractivity contribution is 5.74. The molecule has 1 aliphatic rings. The topological polar surface area (TPSA) is 72.8 Å². The van der Waals surface area contributed by atoms with Crippen LogP contribution in [0.2, 0.25) is 0 Å². The van der Waals surface area contributed by atoms with E-state index >= 15 is 0 Å². The molecule has 7 heteroatoms. The summed E-state index contributed by atoms with van der Waals surface area (Å²) in [6.45, 7) is 2.16. The molecule has 3 N–H and O–H groups in total. The molecule has 0 spiro atoms. The van der Waals surface area contributed by atoms with Gasteiger partial charge in [-0.15, -0.1) is 0 Å². The van der Waals surface area contributed by atoms with Crippen molar-refractivity contribution in [3.05, 3.63) is 0 Å². The molecule has 0 radical (unpaired) electrons. The molecule has 1 fully saturated rings. The fraction of sp³-hybridized carbons (Fsp3) is 0.909. The van der Waals surface area contributed by atoms with E-state index in [1.165, 1.54) is 4.90 Å². The van der Waals surface area contributed by atoms with E-state index < -0.39 is 43.0 Å². The number of hydrogen-bond donors (Lipinski definition) is 3. The van der Waals surface area contributed by atoms with Crippen LogP contribution in [0.5, 0.6) is 0 Å².